The molecule has 0 aromatic heterocycles. The van der Waals surface area contributed by atoms with Gasteiger partial charge in [-0.25, -0.2) is 19.2 Å². The molecule has 2 heterocycles. The zero-order valence-corrected chi connectivity index (χ0v) is 24.9. The van der Waals surface area contributed by atoms with E-state index in [9.17, 15) is 47.9 Å². The predicted molar refractivity (Wildman–Crippen MR) is 139 cm³/mol. The largest absolute Gasteiger partial charge is 0.534 e. The fourth-order valence-electron chi connectivity index (χ4n) is 3.43. The van der Waals surface area contributed by atoms with Gasteiger partial charge >= 0.3 is 36.2 Å². The van der Waals surface area contributed by atoms with E-state index in [1.165, 1.54) is 13.8 Å². The number of ether oxygens (including phenoxy) is 6. The Kier molecular flexibility index (Phi) is 14.8. The molecule has 4 amide bonds. The van der Waals surface area contributed by atoms with Gasteiger partial charge in [0.25, 0.3) is 23.6 Å². The van der Waals surface area contributed by atoms with Gasteiger partial charge in [0.1, 0.15) is 26.4 Å². The van der Waals surface area contributed by atoms with Gasteiger partial charge in [0.15, 0.2) is 12.2 Å². The Bertz CT molecular complexity index is 1090. The number of unbranched alkanes of at least 4 members (excludes halogenated alkanes) is 1. The second kappa shape index (κ2) is 18.5. The molecule has 0 aromatic rings. The lowest BCUT2D eigenvalue weighted by atomic mass is 10.2. The topological polar surface area (TPSA) is 251 Å². The molecule has 2 rings (SSSR count). The van der Waals surface area contributed by atoms with E-state index >= 15 is 0 Å². The van der Waals surface area contributed by atoms with Crippen molar-refractivity contribution in [3.63, 3.8) is 0 Å². The van der Waals surface area contributed by atoms with Crippen molar-refractivity contribution in [3.8, 4) is 0 Å². The maximum absolute atomic E-state index is 12.0. The third-order valence-electron chi connectivity index (χ3n) is 5.73. The third-order valence-corrected chi connectivity index (χ3v) is 5.73. The zero-order valence-electron chi connectivity index (χ0n) is 24.9. The van der Waals surface area contributed by atoms with Crippen molar-refractivity contribution in [3.05, 3.63) is 0 Å². The van der Waals surface area contributed by atoms with Crippen molar-refractivity contribution < 1.29 is 86.0 Å². The van der Waals surface area contributed by atoms with Crippen molar-refractivity contribution in [2.24, 2.45) is 0 Å². The summed E-state index contributed by atoms with van der Waals surface area (Å²) in [5.74, 6) is -6.19. The molecule has 20 nitrogen and oxygen atoms in total. The first-order chi connectivity index (χ1) is 21.8. The fraction of sp³-hybridized carbons (Fsp3) is 0.615. The van der Waals surface area contributed by atoms with Crippen LogP contribution < -0.4 is 0 Å². The normalized spacial score (nSPS) is 15.5. The average Bonchev–Trinajstić information content (AvgIpc) is 3.49. The first kappa shape index (κ1) is 36.9. The number of hydrogen-bond acceptors (Lipinski definition) is 18. The van der Waals surface area contributed by atoms with Crippen LogP contribution in [0.3, 0.4) is 0 Å². The van der Waals surface area contributed by atoms with E-state index in [4.69, 9.17) is 18.9 Å². The molecule has 2 atom stereocenters. The van der Waals surface area contributed by atoms with Crippen LogP contribution in [0.1, 0.15) is 65.2 Å². The zero-order chi connectivity index (χ0) is 34.2. The highest BCUT2D eigenvalue weighted by molar-refractivity contribution is 6.02. The summed E-state index contributed by atoms with van der Waals surface area (Å²) in [6.07, 6.45) is -5.63. The van der Waals surface area contributed by atoms with Crippen LogP contribution in [0.2, 0.25) is 0 Å². The van der Waals surface area contributed by atoms with Gasteiger partial charge in [0.2, 0.25) is 0 Å². The van der Waals surface area contributed by atoms with E-state index in [1.54, 1.807) is 0 Å². The van der Waals surface area contributed by atoms with E-state index in [0.717, 1.165) is 0 Å². The van der Waals surface area contributed by atoms with Gasteiger partial charge in [-0.1, -0.05) is 10.1 Å². The molecule has 0 radical (unpaired) electrons. The Labute approximate surface area is 260 Å². The van der Waals surface area contributed by atoms with Crippen molar-refractivity contribution >= 4 is 59.8 Å². The summed E-state index contributed by atoms with van der Waals surface area (Å²) in [5.41, 5.74) is 0. The number of amides is 4. The Morgan fingerprint density at radius 3 is 1.17 bits per heavy atom. The molecule has 2 aliphatic rings. The molecule has 2 aliphatic heterocycles. The number of nitrogens with zero attached hydrogens (tertiary/aromatic N) is 2. The molecular weight excluding hydrogens is 628 g/mol. The van der Waals surface area contributed by atoms with Gasteiger partial charge in [-0.15, -0.1) is 0 Å². The lowest BCUT2D eigenvalue weighted by Crippen LogP contribution is -2.33. The summed E-state index contributed by atoms with van der Waals surface area (Å²) in [4.78, 5) is 125. The second-order valence-corrected chi connectivity index (χ2v) is 9.35. The summed E-state index contributed by atoms with van der Waals surface area (Å²) in [6, 6.07) is 0. The lowest BCUT2D eigenvalue weighted by molar-refractivity contribution is -0.178. The minimum Gasteiger partial charge on any atom is -0.459 e. The van der Waals surface area contributed by atoms with Crippen molar-refractivity contribution in [1.82, 2.24) is 10.1 Å². The monoisotopic (exact) mass is 660 g/mol. The highest BCUT2D eigenvalue weighted by Gasteiger charge is 2.34. The van der Waals surface area contributed by atoms with Crippen molar-refractivity contribution in [1.29, 1.82) is 0 Å². The van der Waals surface area contributed by atoms with Crippen LogP contribution in [0, 0.1) is 0 Å². The smallest absolute Gasteiger partial charge is 0.459 e. The third kappa shape index (κ3) is 12.7. The van der Waals surface area contributed by atoms with Crippen LogP contribution in [-0.4, -0.2) is 109 Å². The van der Waals surface area contributed by atoms with Gasteiger partial charge in [-0.05, 0) is 26.7 Å². The number of hydroxylamine groups is 4. The molecule has 0 N–H and O–H groups in total. The maximum atomic E-state index is 12.0. The minimum absolute atomic E-state index is 0.0923. The van der Waals surface area contributed by atoms with Crippen LogP contribution in [0.25, 0.3) is 0 Å². The highest BCUT2D eigenvalue weighted by Crippen LogP contribution is 2.14. The van der Waals surface area contributed by atoms with Crippen LogP contribution in [0.15, 0.2) is 0 Å². The van der Waals surface area contributed by atoms with Crippen LogP contribution in [0.4, 0.5) is 9.59 Å². The fourth-order valence-corrected chi connectivity index (χ4v) is 3.43. The van der Waals surface area contributed by atoms with E-state index in [2.05, 4.69) is 19.1 Å². The lowest BCUT2D eigenvalue weighted by Gasteiger charge is -2.14. The van der Waals surface area contributed by atoms with E-state index in [-0.39, 0.29) is 61.5 Å². The Morgan fingerprint density at radius 1 is 0.543 bits per heavy atom. The molecular formula is C26H32N2O18. The molecule has 254 valence electrons. The van der Waals surface area contributed by atoms with Crippen molar-refractivity contribution in [2.75, 3.05) is 26.4 Å². The SMILES string of the molecule is CC(OC(=O)CCCCC(=O)OC(C)C(=O)OCCOC(=O)ON1C(=O)CCC1=O)C(=O)OCCOC(=O)ON1C(=O)CCC1=O. The van der Waals surface area contributed by atoms with Crippen molar-refractivity contribution in [2.45, 2.75) is 77.4 Å². The number of carbonyl (C=O) groups is 10. The molecule has 2 saturated heterocycles. The first-order valence-corrected chi connectivity index (χ1v) is 13.9. The summed E-state index contributed by atoms with van der Waals surface area (Å²) >= 11 is 0. The number of carbonyl (C=O) groups excluding carboxylic acids is 10. The summed E-state index contributed by atoms with van der Waals surface area (Å²) < 4.78 is 28.7. The van der Waals surface area contributed by atoms with Crippen LogP contribution in [0.5, 0.6) is 0 Å². The van der Waals surface area contributed by atoms with E-state index in [0.29, 0.717) is 0 Å². The standard InChI is InChI=1S/C26H32N2O18/c1-15(23(35)39-11-13-41-25(37)45-27-17(29)7-8-18(27)30)43-21(33)5-3-4-6-22(34)44-16(2)24(36)40-12-14-42-26(38)46-28-19(31)9-10-20(28)32/h15-16H,3-14H2,1-2H3. The number of rotatable bonds is 17. The summed E-state index contributed by atoms with van der Waals surface area (Å²) in [7, 11) is 0. The van der Waals surface area contributed by atoms with Gasteiger partial charge < -0.3 is 28.4 Å². The molecule has 0 spiro atoms. The van der Waals surface area contributed by atoms with Gasteiger partial charge in [0.05, 0.1) is 0 Å². The second-order valence-electron chi connectivity index (χ2n) is 9.35. The molecule has 2 unspecified atom stereocenters. The molecule has 46 heavy (non-hydrogen) atoms. The van der Waals surface area contributed by atoms with E-state index < -0.39 is 98.5 Å². The number of hydrogen-bond donors (Lipinski definition) is 0. The van der Waals surface area contributed by atoms with E-state index in [1.807, 2.05) is 0 Å². The summed E-state index contributed by atoms with van der Waals surface area (Å²) in [5, 5.41) is 0.572. The van der Waals surface area contributed by atoms with Gasteiger partial charge in [-0.2, -0.15) is 0 Å². The minimum atomic E-state index is -1.35. The Hall–Kier alpha value is -5.30. The Balaban J connectivity index is 1.49. The average molecular weight is 661 g/mol. The number of imide groups is 2. The summed E-state index contributed by atoms with van der Waals surface area (Å²) in [6.45, 7) is 0.694. The highest BCUT2D eigenvalue weighted by atomic mass is 16.8. The molecule has 2 fully saturated rings. The molecule has 0 bridgehead atoms. The quantitative estimate of drug-likeness (QED) is 0.0856. The predicted octanol–water partition coefficient (Wildman–Crippen LogP) is -0.0690. The molecule has 0 aromatic carbocycles. The maximum Gasteiger partial charge on any atom is 0.534 e. The number of esters is 4. The molecule has 0 aliphatic carbocycles. The Morgan fingerprint density at radius 2 is 0.848 bits per heavy atom. The van der Waals surface area contributed by atoms with Crippen LogP contribution in [-0.2, 0) is 76.5 Å². The first-order valence-electron chi connectivity index (χ1n) is 13.9. The van der Waals surface area contributed by atoms with Gasteiger partial charge in [-0.3, -0.25) is 38.4 Å². The molecule has 0 saturated carbocycles. The van der Waals surface area contributed by atoms with Crippen LogP contribution >= 0.6 is 0 Å². The molecule has 20 heteroatoms. The van der Waals surface area contributed by atoms with Gasteiger partial charge in [0, 0.05) is 38.5 Å².